The van der Waals surface area contributed by atoms with Gasteiger partial charge in [-0.3, -0.25) is 4.79 Å². The second kappa shape index (κ2) is 5.58. The third-order valence-corrected chi connectivity index (χ3v) is 5.64. The van der Waals surface area contributed by atoms with Crippen LogP contribution in [0.15, 0.2) is 0 Å². The fraction of sp³-hybridized carbons (Fsp3) is 0.667. The summed E-state index contributed by atoms with van der Waals surface area (Å²) in [6.07, 6.45) is 1.00. The van der Waals surface area contributed by atoms with E-state index < -0.39 is 0 Å². The van der Waals surface area contributed by atoms with Gasteiger partial charge >= 0.3 is 0 Å². The molecule has 0 bridgehead atoms. The number of thioether (sulfide) groups is 1. The number of hydrogen-bond donors (Lipinski definition) is 2. The van der Waals surface area contributed by atoms with Crippen LogP contribution in [-0.2, 0) is 0 Å². The predicted molar refractivity (Wildman–Crippen MR) is 83.1 cm³/mol. The Labute approximate surface area is 122 Å². The average Bonchev–Trinajstić information content (AvgIpc) is 2.63. The summed E-state index contributed by atoms with van der Waals surface area (Å²) in [5.41, 5.74) is 5.82. The zero-order valence-electron chi connectivity index (χ0n) is 11.5. The minimum Gasteiger partial charge on any atom is -0.382 e. The van der Waals surface area contributed by atoms with Gasteiger partial charge in [-0.25, -0.2) is 4.98 Å². The Morgan fingerprint density at radius 1 is 1.47 bits per heavy atom. The number of hydrogen-bond acceptors (Lipinski definition) is 6. The van der Waals surface area contributed by atoms with Crippen LogP contribution in [0.25, 0.3) is 0 Å². The lowest BCUT2D eigenvalue weighted by Crippen LogP contribution is -2.33. The molecular formula is C12H20N4OS2. The largest absolute Gasteiger partial charge is 0.382 e. The standard InChI is InChI=1S/C12H20N4OS2/c1-12(2)4-5-16(6-7-18-12)10(17)8-9(13)15-11(14-3)19-8/h4-7,13H2,1-3H3,(H,14,15). The van der Waals surface area contributed by atoms with E-state index in [0.717, 1.165) is 25.3 Å². The van der Waals surface area contributed by atoms with Crippen molar-refractivity contribution >= 4 is 40.0 Å². The molecule has 0 radical (unpaired) electrons. The Morgan fingerprint density at radius 3 is 2.84 bits per heavy atom. The molecule has 3 N–H and O–H groups in total. The number of nitrogens with one attached hydrogen (secondary N) is 1. The maximum atomic E-state index is 12.5. The lowest BCUT2D eigenvalue weighted by atomic mass is 10.1. The minimum absolute atomic E-state index is 0.00907. The van der Waals surface area contributed by atoms with Crippen molar-refractivity contribution < 1.29 is 4.79 Å². The zero-order chi connectivity index (χ0) is 14.0. The number of amides is 1. The molecule has 0 unspecified atom stereocenters. The van der Waals surface area contributed by atoms with E-state index in [2.05, 4.69) is 24.1 Å². The van der Waals surface area contributed by atoms with E-state index >= 15 is 0 Å². The zero-order valence-corrected chi connectivity index (χ0v) is 13.2. The summed E-state index contributed by atoms with van der Waals surface area (Å²) < 4.78 is 0.240. The number of thiazole rings is 1. The molecule has 19 heavy (non-hydrogen) atoms. The summed E-state index contributed by atoms with van der Waals surface area (Å²) >= 11 is 3.24. The molecule has 2 heterocycles. The molecule has 0 atom stereocenters. The second-order valence-electron chi connectivity index (χ2n) is 5.13. The first-order valence-corrected chi connectivity index (χ1v) is 8.10. The van der Waals surface area contributed by atoms with Gasteiger partial charge in [0.25, 0.3) is 5.91 Å². The van der Waals surface area contributed by atoms with E-state index in [1.807, 2.05) is 16.7 Å². The first kappa shape index (κ1) is 14.5. The second-order valence-corrected chi connectivity index (χ2v) is 7.93. The van der Waals surface area contributed by atoms with E-state index in [4.69, 9.17) is 5.73 Å². The molecule has 1 aromatic heterocycles. The molecule has 0 aliphatic carbocycles. The Bertz CT molecular complexity index is 472. The fourth-order valence-corrected chi connectivity index (χ4v) is 3.87. The number of anilines is 2. The van der Waals surface area contributed by atoms with Crippen LogP contribution in [0.1, 0.15) is 29.9 Å². The van der Waals surface area contributed by atoms with Crippen LogP contribution >= 0.6 is 23.1 Å². The van der Waals surface area contributed by atoms with Crippen molar-refractivity contribution in [2.24, 2.45) is 0 Å². The van der Waals surface area contributed by atoms with Crippen LogP contribution in [0.2, 0.25) is 0 Å². The summed E-state index contributed by atoms with van der Waals surface area (Å²) in [6.45, 7) is 6.02. The number of carbonyl (C=O) groups is 1. The number of carbonyl (C=O) groups excluding carboxylic acids is 1. The molecule has 1 aliphatic rings. The van der Waals surface area contributed by atoms with Gasteiger partial charge in [0.1, 0.15) is 10.7 Å². The van der Waals surface area contributed by atoms with Crippen molar-refractivity contribution in [3.8, 4) is 0 Å². The highest BCUT2D eigenvalue weighted by molar-refractivity contribution is 8.00. The normalized spacial score (nSPS) is 19.0. The van der Waals surface area contributed by atoms with Gasteiger partial charge < -0.3 is 16.0 Å². The van der Waals surface area contributed by atoms with E-state index in [1.165, 1.54) is 11.3 Å². The molecule has 1 aliphatic heterocycles. The first-order valence-electron chi connectivity index (χ1n) is 6.30. The summed E-state index contributed by atoms with van der Waals surface area (Å²) in [5, 5.41) is 3.61. The van der Waals surface area contributed by atoms with Gasteiger partial charge in [0.05, 0.1) is 0 Å². The Hall–Kier alpha value is -0.950. The third kappa shape index (κ3) is 3.33. The van der Waals surface area contributed by atoms with Crippen molar-refractivity contribution in [3.05, 3.63) is 4.88 Å². The summed E-state index contributed by atoms with van der Waals surface area (Å²) in [6, 6.07) is 0. The molecule has 7 heteroatoms. The fourth-order valence-electron chi connectivity index (χ4n) is 1.96. The highest BCUT2D eigenvalue weighted by atomic mass is 32.2. The molecular weight excluding hydrogens is 280 g/mol. The van der Waals surface area contributed by atoms with Gasteiger partial charge in [-0.2, -0.15) is 11.8 Å². The van der Waals surface area contributed by atoms with Crippen molar-refractivity contribution in [1.29, 1.82) is 0 Å². The molecule has 0 spiro atoms. The quantitative estimate of drug-likeness (QED) is 0.875. The van der Waals surface area contributed by atoms with E-state index in [1.54, 1.807) is 7.05 Å². The molecule has 1 saturated heterocycles. The van der Waals surface area contributed by atoms with Gasteiger partial charge in [-0.05, 0) is 6.42 Å². The molecule has 106 valence electrons. The van der Waals surface area contributed by atoms with Gasteiger partial charge in [0.15, 0.2) is 5.13 Å². The van der Waals surface area contributed by atoms with E-state index in [-0.39, 0.29) is 10.7 Å². The Balaban J connectivity index is 2.12. The number of rotatable bonds is 2. The molecule has 1 aromatic rings. The first-order chi connectivity index (χ1) is 8.93. The molecule has 5 nitrogen and oxygen atoms in total. The number of nitrogens with two attached hydrogens (primary N) is 1. The summed E-state index contributed by atoms with van der Waals surface area (Å²) in [7, 11) is 1.78. The number of nitrogens with zero attached hydrogens (tertiary/aromatic N) is 2. The number of aromatic nitrogens is 1. The van der Waals surface area contributed by atoms with Gasteiger partial charge in [-0.15, -0.1) is 0 Å². The van der Waals surface area contributed by atoms with Crippen molar-refractivity contribution in [1.82, 2.24) is 9.88 Å². The maximum Gasteiger partial charge on any atom is 0.267 e. The van der Waals surface area contributed by atoms with Crippen LogP contribution in [0.3, 0.4) is 0 Å². The highest BCUT2D eigenvalue weighted by Crippen LogP contribution is 2.32. The SMILES string of the molecule is CNc1nc(N)c(C(=O)N2CCSC(C)(C)CC2)s1. The Kier molecular flexibility index (Phi) is 4.25. The highest BCUT2D eigenvalue weighted by Gasteiger charge is 2.28. The molecule has 0 saturated carbocycles. The summed E-state index contributed by atoms with van der Waals surface area (Å²) in [4.78, 5) is 19.1. The molecule has 1 amide bonds. The maximum absolute atomic E-state index is 12.5. The summed E-state index contributed by atoms with van der Waals surface area (Å²) in [5.74, 6) is 1.31. The van der Waals surface area contributed by atoms with Crippen molar-refractivity contribution in [3.63, 3.8) is 0 Å². The molecule has 0 aromatic carbocycles. The Morgan fingerprint density at radius 2 is 2.21 bits per heavy atom. The lowest BCUT2D eigenvalue weighted by Gasteiger charge is -2.22. The topological polar surface area (TPSA) is 71.2 Å². The lowest BCUT2D eigenvalue weighted by molar-refractivity contribution is 0.0770. The van der Waals surface area contributed by atoms with E-state index in [9.17, 15) is 4.79 Å². The van der Waals surface area contributed by atoms with Crippen LogP contribution in [0.4, 0.5) is 10.9 Å². The van der Waals surface area contributed by atoms with Crippen LogP contribution in [0, 0.1) is 0 Å². The average molecular weight is 300 g/mol. The van der Waals surface area contributed by atoms with Gasteiger partial charge in [-0.1, -0.05) is 25.2 Å². The van der Waals surface area contributed by atoms with Crippen molar-refractivity contribution in [2.45, 2.75) is 25.0 Å². The van der Waals surface area contributed by atoms with Crippen LogP contribution in [0.5, 0.6) is 0 Å². The minimum atomic E-state index is 0.00907. The molecule has 2 rings (SSSR count). The monoisotopic (exact) mass is 300 g/mol. The smallest absolute Gasteiger partial charge is 0.267 e. The van der Waals surface area contributed by atoms with E-state index in [0.29, 0.717) is 15.8 Å². The van der Waals surface area contributed by atoms with Crippen LogP contribution in [-0.4, -0.2) is 46.4 Å². The predicted octanol–water partition coefficient (Wildman–Crippen LogP) is 2.12. The van der Waals surface area contributed by atoms with Crippen LogP contribution < -0.4 is 11.1 Å². The molecule has 1 fully saturated rings. The van der Waals surface area contributed by atoms with Gasteiger partial charge in [0, 0.05) is 30.6 Å². The van der Waals surface area contributed by atoms with Crippen molar-refractivity contribution in [2.75, 3.05) is 36.9 Å². The van der Waals surface area contributed by atoms with Gasteiger partial charge in [0.2, 0.25) is 0 Å². The third-order valence-electron chi connectivity index (χ3n) is 3.19. The number of nitrogen functional groups attached to an aromatic ring is 1.